The third-order valence-electron chi connectivity index (χ3n) is 3.80. The zero-order chi connectivity index (χ0) is 16.6. The zero-order valence-electron chi connectivity index (χ0n) is 12.4. The molecule has 5 nitrogen and oxygen atoms in total. The Morgan fingerprint density at radius 3 is 2.61 bits per heavy atom. The molecule has 6 heteroatoms. The standard InChI is InChI=1S/C17H15FN2O3/c1-10-16(21)20(15-7-6-13(18)8-14(15)19-10)9-11-2-4-12(5-3-11)17(22)23/h2-8,10,19H,9H2,1H3,(H,22,23). The lowest BCUT2D eigenvalue weighted by atomic mass is 10.1. The number of anilines is 2. The van der Waals surface area contributed by atoms with Gasteiger partial charge in [0, 0.05) is 0 Å². The molecule has 0 fully saturated rings. The van der Waals surface area contributed by atoms with Gasteiger partial charge in [-0.05, 0) is 42.8 Å². The first-order valence-corrected chi connectivity index (χ1v) is 7.15. The minimum Gasteiger partial charge on any atom is -0.478 e. The van der Waals surface area contributed by atoms with Gasteiger partial charge in [-0.1, -0.05) is 12.1 Å². The molecule has 2 N–H and O–H groups in total. The molecular formula is C17H15FN2O3. The molecule has 118 valence electrons. The highest BCUT2D eigenvalue weighted by molar-refractivity contribution is 6.04. The number of carbonyl (C=O) groups excluding carboxylic acids is 1. The van der Waals surface area contributed by atoms with Gasteiger partial charge in [0.25, 0.3) is 0 Å². The molecule has 1 aliphatic heterocycles. The van der Waals surface area contributed by atoms with Crippen molar-refractivity contribution >= 4 is 23.3 Å². The molecule has 0 aromatic heterocycles. The molecular weight excluding hydrogens is 299 g/mol. The van der Waals surface area contributed by atoms with Crippen LogP contribution in [0, 0.1) is 5.82 Å². The molecule has 0 spiro atoms. The van der Waals surface area contributed by atoms with Gasteiger partial charge in [0.2, 0.25) is 5.91 Å². The Labute approximate surface area is 132 Å². The number of halogens is 1. The predicted octanol–water partition coefficient (Wildman–Crippen LogP) is 2.87. The van der Waals surface area contributed by atoms with E-state index in [4.69, 9.17) is 5.11 Å². The lowest BCUT2D eigenvalue weighted by molar-refractivity contribution is -0.119. The van der Waals surface area contributed by atoms with Crippen molar-refractivity contribution in [2.75, 3.05) is 10.2 Å². The molecule has 1 unspecified atom stereocenters. The fourth-order valence-electron chi connectivity index (χ4n) is 2.61. The molecule has 1 atom stereocenters. The minimum absolute atomic E-state index is 0.119. The molecule has 2 aromatic carbocycles. The van der Waals surface area contributed by atoms with Crippen molar-refractivity contribution in [3.8, 4) is 0 Å². The highest BCUT2D eigenvalue weighted by Gasteiger charge is 2.29. The van der Waals surface area contributed by atoms with E-state index in [1.54, 1.807) is 30.0 Å². The molecule has 1 heterocycles. The van der Waals surface area contributed by atoms with Crippen molar-refractivity contribution in [3.63, 3.8) is 0 Å². The Kier molecular flexibility index (Phi) is 3.73. The van der Waals surface area contributed by atoms with Crippen LogP contribution in [0.5, 0.6) is 0 Å². The Balaban J connectivity index is 1.92. The lowest BCUT2D eigenvalue weighted by Crippen LogP contribution is -2.45. The third-order valence-corrected chi connectivity index (χ3v) is 3.80. The average Bonchev–Trinajstić information content (AvgIpc) is 2.52. The Hall–Kier alpha value is -2.89. The molecule has 0 saturated carbocycles. The van der Waals surface area contributed by atoms with E-state index < -0.39 is 12.0 Å². The number of carbonyl (C=O) groups is 2. The summed E-state index contributed by atoms with van der Waals surface area (Å²) in [5, 5.41) is 11.9. The molecule has 0 aliphatic carbocycles. The Bertz CT molecular complexity index is 774. The van der Waals surface area contributed by atoms with E-state index >= 15 is 0 Å². The fourth-order valence-corrected chi connectivity index (χ4v) is 2.61. The van der Waals surface area contributed by atoms with E-state index in [9.17, 15) is 14.0 Å². The van der Waals surface area contributed by atoms with E-state index in [0.717, 1.165) is 5.56 Å². The molecule has 1 amide bonds. The molecule has 0 radical (unpaired) electrons. The van der Waals surface area contributed by atoms with Gasteiger partial charge >= 0.3 is 5.97 Å². The summed E-state index contributed by atoms with van der Waals surface area (Å²) in [6.45, 7) is 2.01. The summed E-state index contributed by atoms with van der Waals surface area (Å²) in [7, 11) is 0. The highest BCUT2D eigenvalue weighted by Crippen LogP contribution is 2.33. The van der Waals surface area contributed by atoms with Crippen molar-refractivity contribution < 1.29 is 19.1 Å². The zero-order valence-corrected chi connectivity index (χ0v) is 12.4. The maximum atomic E-state index is 13.4. The van der Waals surface area contributed by atoms with Gasteiger partial charge in [-0.3, -0.25) is 4.79 Å². The second kappa shape index (κ2) is 5.72. The highest BCUT2D eigenvalue weighted by atomic mass is 19.1. The normalized spacial score (nSPS) is 16.7. The van der Waals surface area contributed by atoms with Crippen LogP contribution in [0.4, 0.5) is 15.8 Å². The van der Waals surface area contributed by atoms with Gasteiger partial charge in [-0.15, -0.1) is 0 Å². The van der Waals surface area contributed by atoms with Crippen LogP contribution in [0.15, 0.2) is 42.5 Å². The van der Waals surface area contributed by atoms with Crippen LogP contribution >= 0.6 is 0 Å². The summed E-state index contributed by atoms with van der Waals surface area (Å²) in [5.74, 6) is -1.49. The number of carboxylic acid groups (broad SMARTS) is 1. The van der Waals surface area contributed by atoms with Gasteiger partial charge in [-0.2, -0.15) is 0 Å². The molecule has 2 aromatic rings. The smallest absolute Gasteiger partial charge is 0.335 e. The summed E-state index contributed by atoms with van der Waals surface area (Å²) in [5.41, 5.74) is 2.17. The second-order valence-electron chi connectivity index (χ2n) is 5.45. The summed E-state index contributed by atoms with van der Waals surface area (Å²) >= 11 is 0. The number of rotatable bonds is 3. The Morgan fingerprint density at radius 1 is 1.26 bits per heavy atom. The van der Waals surface area contributed by atoms with Crippen LogP contribution in [0.25, 0.3) is 0 Å². The van der Waals surface area contributed by atoms with Gasteiger partial charge in [-0.25, -0.2) is 9.18 Å². The number of hydrogen-bond donors (Lipinski definition) is 2. The maximum absolute atomic E-state index is 13.4. The number of aromatic carboxylic acids is 1. The first-order valence-electron chi connectivity index (χ1n) is 7.15. The number of benzene rings is 2. The van der Waals surface area contributed by atoms with Crippen molar-refractivity contribution in [3.05, 3.63) is 59.4 Å². The number of hydrogen-bond acceptors (Lipinski definition) is 3. The fraction of sp³-hybridized carbons (Fsp3) is 0.176. The Morgan fingerprint density at radius 2 is 1.96 bits per heavy atom. The second-order valence-corrected chi connectivity index (χ2v) is 5.45. The molecule has 0 saturated heterocycles. The van der Waals surface area contributed by atoms with Crippen LogP contribution in [0.1, 0.15) is 22.8 Å². The monoisotopic (exact) mass is 314 g/mol. The van der Waals surface area contributed by atoms with Crippen LogP contribution in [-0.2, 0) is 11.3 Å². The van der Waals surface area contributed by atoms with Gasteiger partial charge in [0.1, 0.15) is 11.9 Å². The summed E-state index contributed by atoms with van der Waals surface area (Å²) in [6, 6.07) is 10.1. The van der Waals surface area contributed by atoms with E-state index in [1.807, 2.05) is 0 Å². The molecule has 0 bridgehead atoms. The van der Waals surface area contributed by atoms with Crippen molar-refractivity contribution in [2.45, 2.75) is 19.5 Å². The van der Waals surface area contributed by atoms with Crippen LogP contribution < -0.4 is 10.2 Å². The number of nitrogens with one attached hydrogen (secondary N) is 1. The lowest BCUT2D eigenvalue weighted by Gasteiger charge is -2.34. The van der Waals surface area contributed by atoms with E-state index in [-0.39, 0.29) is 17.3 Å². The van der Waals surface area contributed by atoms with Gasteiger partial charge < -0.3 is 15.3 Å². The third kappa shape index (κ3) is 2.88. The molecule has 3 rings (SSSR count). The predicted molar refractivity (Wildman–Crippen MR) is 84.1 cm³/mol. The number of nitrogens with zero attached hydrogens (tertiary/aromatic N) is 1. The van der Waals surface area contributed by atoms with Gasteiger partial charge in [0.05, 0.1) is 23.5 Å². The SMILES string of the molecule is CC1Nc2cc(F)ccc2N(Cc2ccc(C(=O)O)cc2)C1=O. The number of carboxylic acids is 1. The van der Waals surface area contributed by atoms with Crippen LogP contribution in [0.2, 0.25) is 0 Å². The van der Waals surface area contributed by atoms with E-state index in [1.165, 1.54) is 24.3 Å². The summed E-state index contributed by atoms with van der Waals surface area (Å²) < 4.78 is 13.4. The van der Waals surface area contributed by atoms with E-state index in [0.29, 0.717) is 17.9 Å². The summed E-state index contributed by atoms with van der Waals surface area (Å²) in [6.07, 6.45) is 0. The largest absolute Gasteiger partial charge is 0.478 e. The van der Waals surface area contributed by atoms with Crippen LogP contribution in [-0.4, -0.2) is 23.0 Å². The first-order chi connectivity index (χ1) is 11.0. The first kappa shape index (κ1) is 15.0. The van der Waals surface area contributed by atoms with E-state index in [2.05, 4.69) is 5.32 Å². The summed E-state index contributed by atoms with van der Waals surface area (Å²) in [4.78, 5) is 24.9. The quantitative estimate of drug-likeness (QED) is 0.914. The number of amides is 1. The van der Waals surface area contributed by atoms with Crippen LogP contribution in [0.3, 0.4) is 0 Å². The molecule has 1 aliphatic rings. The molecule has 23 heavy (non-hydrogen) atoms. The van der Waals surface area contributed by atoms with Crippen molar-refractivity contribution in [1.29, 1.82) is 0 Å². The number of fused-ring (bicyclic) bond motifs is 1. The average molecular weight is 314 g/mol. The maximum Gasteiger partial charge on any atom is 0.335 e. The minimum atomic E-state index is -0.996. The topological polar surface area (TPSA) is 69.6 Å². The van der Waals surface area contributed by atoms with Crippen molar-refractivity contribution in [2.24, 2.45) is 0 Å². The van der Waals surface area contributed by atoms with Gasteiger partial charge in [0.15, 0.2) is 0 Å². The van der Waals surface area contributed by atoms with Crippen molar-refractivity contribution in [1.82, 2.24) is 0 Å².